The van der Waals surface area contributed by atoms with Gasteiger partial charge in [-0.1, -0.05) is 11.6 Å². The molecule has 28 heavy (non-hydrogen) atoms. The molecular weight excluding hydrogens is 379 g/mol. The van der Waals surface area contributed by atoms with Gasteiger partial charge in [-0.2, -0.15) is 0 Å². The maximum atomic E-state index is 14.1. The van der Waals surface area contributed by atoms with Crippen LogP contribution in [0.1, 0.15) is 29.8 Å². The third kappa shape index (κ3) is 3.79. The molecule has 0 saturated heterocycles. The van der Waals surface area contributed by atoms with Crippen molar-refractivity contribution in [2.45, 2.75) is 26.0 Å². The highest BCUT2D eigenvalue weighted by atomic mass is 35.5. The van der Waals surface area contributed by atoms with Crippen LogP contribution in [0.4, 0.5) is 10.2 Å². The number of fused-ring (bicyclic) bond motifs is 1. The van der Waals surface area contributed by atoms with Crippen molar-refractivity contribution in [3.8, 4) is 16.9 Å². The summed E-state index contributed by atoms with van der Waals surface area (Å²) in [4.78, 5) is 8.80. The Morgan fingerprint density at radius 3 is 2.82 bits per heavy atom. The maximum Gasteiger partial charge on any atom is 0.166 e. The van der Waals surface area contributed by atoms with Crippen LogP contribution in [0, 0.1) is 5.82 Å². The van der Waals surface area contributed by atoms with E-state index in [1.807, 2.05) is 12.3 Å². The molecule has 0 saturated carbocycles. The third-order valence-corrected chi connectivity index (χ3v) is 5.07. The maximum absolute atomic E-state index is 14.1. The molecule has 5 nitrogen and oxygen atoms in total. The van der Waals surface area contributed by atoms with E-state index in [0.717, 1.165) is 36.3 Å². The van der Waals surface area contributed by atoms with E-state index < -0.39 is 6.10 Å². The Hall–Kier alpha value is -2.70. The highest BCUT2D eigenvalue weighted by molar-refractivity contribution is 6.30. The van der Waals surface area contributed by atoms with Gasteiger partial charge >= 0.3 is 0 Å². The van der Waals surface area contributed by atoms with Crippen LogP contribution < -0.4 is 15.8 Å². The van der Waals surface area contributed by atoms with Gasteiger partial charge in [0.15, 0.2) is 11.6 Å². The minimum atomic E-state index is -0.578. The first-order chi connectivity index (χ1) is 13.5. The topological polar surface area (TPSA) is 73.1 Å². The molecule has 0 bridgehead atoms. The third-order valence-electron chi connectivity index (χ3n) is 4.84. The second-order valence-corrected chi connectivity index (χ2v) is 7.23. The van der Waals surface area contributed by atoms with Gasteiger partial charge in [0.25, 0.3) is 0 Å². The first-order valence-electron chi connectivity index (χ1n) is 9.07. The Morgan fingerprint density at radius 2 is 1.96 bits per heavy atom. The Labute approximate surface area is 167 Å². The normalized spacial score (nSPS) is 14.4. The van der Waals surface area contributed by atoms with Gasteiger partial charge in [-0.3, -0.25) is 4.98 Å². The summed E-state index contributed by atoms with van der Waals surface area (Å²) < 4.78 is 20.1. The summed E-state index contributed by atoms with van der Waals surface area (Å²) in [5, 5.41) is 3.76. The average Bonchev–Trinajstić information content (AvgIpc) is 2.71. The summed E-state index contributed by atoms with van der Waals surface area (Å²) in [5.74, 6) is 0.254. The SMILES string of the molecule is CC(Oc1cc(-c2cnc3c(c2)CCNC3)cnc1N)c1cc(Cl)ccc1F. The highest BCUT2D eigenvalue weighted by Gasteiger charge is 2.17. The van der Waals surface area contributed by atoms with Gasteiger partial charge in [0, 0.05) is 40.7 Å². The number of hydrogen-bond donors (Lipinski definition) is 2. The van der Waals surface area contributed by atoms with Gasteiger partial charge in [-0.15, -0.1) is 0 Å². The van der Waals surface area contributed by atoms with E-state index in [-0.39, 0.29) is 11.6 Å². The zero-order valence-corrected chi connectivity index (χ0v) is 16.1. The number of rotatable bonds is 4. The lowest BCUT2D eigenvalue weighted by Gasteiger charge is -2.19. The smallest absolute Gasteiger partial charge is 0.166 e. The van der Waals surface area contributed by atoms with E-state index in [1.165, 1.54) is 17.7 Å². The molecule has 7 heteroatoms. The number of halogens is 2. The standard InChI is InChI=1S/C21H20ClFN4O/c1-12(17-8-16(22)2-3-18(17)23)28-20-7-15(10-27-21(20)24)14-6-13-4-5-25-11-19(13)26-9-14/h2-3,6-10,12,25H,4-5,11H2,1H3,(H2,24,27). The molecule has 1 aromatic carbocycles. The fourth-order valence-electron chi connectivity index (χ4n) is 3.29. The lowest BCUT2D eigenvalue weighted by Crippen LogP contribution is -2.24. The number of ether oxygens (including phenoxy) is 1. The molecule has 3 N–H and O–H groups in total. The van der Waals surface area contributed by atoms with Gasteiger partial charge < -0.3 is 15.8 Å². The summed E-state index contributed by atoms with van der Waals surface area (Å²) in [7, 11) is 0. The van der Waals surface area contributed by atoms with Crippen molar-refractivity contribution in [2.24, 2.45) is 0 Å². The Bertz CT molecular complexity index is 1030. The van der Waals surface area contributed by atoms with Crippen molar-refractivity contribution >= 4 is 17.4 Å². The second kappa shape index (κ2) is 7.73. The first-order valence-corrected chi connectivity index (χ1v) is 9.45. The van der Waals surface area contributed by atoms with Crippen LogP contribution in [0.5, 0.6) is 5.75 Å². The molecule has 1 atom stereocenters. The molecule has 0 radical (unpaired) electrons. The first kappa shape index (κ1) is 18.7. The number of aromatic nitrogens is 2. The molecule has 1 aliphatic rings. The summed E-state index contributed by atoms with van der Waals surface area (Å²) >= 11 is 5.99. The average molecular weight is 399 g/mol. The number of hydrogen-bond acceptors (Lipinski definition) is 5. The molecule has 4 rings (SSSR count). The molecule has 0 spiro atoms. The fourth-order valence-corrected chi connectivity index (χ4v) is 3.47. The van der Waals surface area contributed by atoms with Crippen LogP contribution >= 0.6 is 11.6 Å². The molecular formula is C21H20ClFN4O. The van der Waals surface area contributed by atoms with Gasteiger partial charge in [0.05, 0.1) is 5.69 Å². The monoisotopic (exact) mass is 398 g/mol. The van der Waals surface area contributed by atoms with Crippen LogP contribution in [-0.4, -0.2) is 16.5 Å². The molecule has 144 valence electrons. The lowest BCUT2D eigenvalue weighted by atomic mass is 10.0. The second-order valence-electron chi connectivity index (χ2n) is 6.79. The van der Waals surface area contributed by atoms with Crippen LogP contribution in [0.15, 0.2) is 42.7 Å². The van der Waals surface area contributed by atoms with Crippen LogP contribution in [0.25, 0.3) is 11.1 Å². The van der Waals surface area contributed by atoms with Crippen molar-refractivity contribution < 1.29 is 9.13 Å². The number of nitrogens with two attached hydrogens (primary N) is 1. The number of pyridine rings is 2. The molecule has 2 aromatic heterocycles. The number of nitrogens with one attached hydrogen (secondary N) is 1. The van der Waals surface area contributed by atoms with Crippen molar-refractivity contribution in [1.82, 2.24) is 15.3 Å². The number of nitrogen functional groups attached to an aromatic ring is 1. The summed E-state index contributed by atoms with van der Waals surface area (Å²) in [6.45, 7) is 3.47. The Balaban J connectivity index is 1.63. The van der Waals surface area contributed by atoms with Gasteiger partial charge in [-0.25, -0.2) is 9.37 Å². The minimum absolute atomic E-state index is 0.244. The van der Waals surface area contributed by atoms with E-state index in [2.05, 4.69) is 21.4 Å². The summed E-state index contributed by atoms with van der Waals surface area (Å²) in [5.41, 5.74) is 10.4. The highest BCUT2D eigenvalue weighted by Crippen LogP contribution is 2.32. The predicted octanol–water partition coefficient (Wildman–Crippen LogP) is 4.30. The number of nitrogens with zero attached hydrogens (tertiary/aromatic N) is 2. The molecule has 1 unspecified atom stereocenters. The summed E-state index contributed by atoms with van der Waals surface area (Å²) in [6, 6.07) is 8.31. The number of benzene rings is 1. The number of anilines is 1. The Morgan fingerprint density at radius 1 is 1.18 bits per heavy atom. The molecule has 3 aromatic rings. The van der Waals surface area contributed by atoms with Gasteiger partial charge in [0.2, 0.25) is 0 Å². The zero-order chi connectivity index (χ0) is 19.7. The molecule has 0 aliphatic carbocycles. The quantitative estimate of drug-likeness (QED) is 0.685. The summed E-state index contributed by atoms with van der Waals surface area (Å²) in [6.07, 6.45) is 3.87. The molecule has 0 amide bonds. The van der Waals surface area contributed by atoms with Gasteiger partial charge in [-0.05, 0) is 55.8 Å². The zero-order valence-electron chi connectivity index (χ0n) is 15.4. The molecule has 0 fully saturated rings. The van der Waals surface area contributed by atoms with E-state index in [1.54, 1.807) is 19.2 Å². The van der Waals surface area contributed by atoms with Crippen molar-refractivity contribution in [1.29, 1.82) is 0 Å². The predicted molar refractivity (Wildman–Crippen MR) is 108 cm³/mol. The van der Waals surface area contributed by atoms with Crippen LogP contribution in [0.2, 0.25) is 5.02 Å². The van der Waals surface area contributed by atoms with Crippen molar-refractivity contribution in [3.05, 3.63) is 70.4 Å². The van der Waals surface area contributed by atoms with E-state index in [0.29, 0.717) is 16.3 Å². The van der Waals surface area contributed by atoms with Crippen molar-refractivity contribution in [3.63, 3.8) is 0 Å². The van der Waals surface area contributed by atoms with Gasteiger partial charge in [0.1, 0.15) is 11.9 Å². The largest absolute Gasteiger partial charge is 0.482 e. The molecule has 3 heterocycles. The van der Waals surface area contributed by atoms with Crippen LogP contribution in [0.3, 0.4) is 0 Å². The lowest BCUT2D eigenvalue weighted by molar-refractivity contribution is 0.222. The Kier molecular flexibility index (Phi) is 5.15. The van der Waals surface area contributed by atoms with E-state index >= 15 is 0 Å². The minimum Gasteiger partial charge on any atom is -0.482 e. The van der Waals surface area contributed by atoms with E-state index in [9.17, 15) is 4.39 Å². The van der Waals surface area contributed by atoms with Crippen molar-refractivity contribution in [2.75, 3.05) is 12.3 Å². The fraction of sp³-hybridized carbons (Fsp3) is 0.238. The molecule has 1 aliphatic heterocycles. The van der Waals surface area contributed by atoms with Crippen LogP contribution in [-0.2, 0) is 13.0 Å². The van der Waals surface area contributed by atoms with E-state index in [4.69, 9.17) is 22.1 Å².